The number of carboxylic acids is 1. The van der Waals surface area contributed by atoms with E-state index in [1.807, 2.05) is 0 Å². The number of aliphatic carboxylic acids is 1. The molecule has 1 fully saturated rings. The quantitative estimate of drug-likeness (QED) is 0.398. The van der Waals surface area contributed by atoms with Crippen LogP contribution in [-0.4, -0.2) is 70.1 Å². The standard InChI is InChI=1S/C11H14N6O3S3/c1-16-10(13-14-15-16)23-4-5-3-22-9-11(12,21-2)8(20)17(9)6(5)7(18)19/h9H,3-4,12H2,1-2H3,(H,18,19). The Hall–Kier alpha value is -1.24. The molecular formula is C11H14N6O3S3. The van der Waals surface area contributed by atoms with Crippen LogP contribution in [0.5, 0.6) is 0 Å². The minimum Gasteiger partial charge on any atom is -0.477 e. The fraction of sp³-hybridized carbons (Fsp3) is 0.545. The number of aromatic nitrogens is 4. The minimum atomic E-state index is -1.11. The topological polar surface area (TPSA) is 127 Å². The van der Waals surface area contributed by atoms with Crippen LogP contribution in [0.3, 0.4) is 0 Å². The molecule has 1 aromatic rings. The molecule has 0 spiro atoms. The highest BCUT2D eigenvalue weighted by molar-refractivity contribution is 8.05. The SMILES string of the molecule is CSC1(N)C(=O)N2C(C(=O)O)=C(CSc3nnnn3C)CSC21. The Morgan fingerprint density at radius 1 is 1.61 bits per heavy atom. The van der Waals surface area contributed by atoms with E-state index in [1.54, 1.807) is 13.3 Å². The molecule has 1 saturated heterocycles. The molecule has 0 aliphatic carbocycles. The summed E-state index contributed by atoms with van der Waals surface area (Å²) in [4.78, 5) is 24.2. The van der Waals surface area contributed by atoms with Gasteiger partial charge >= 0.3 is 5.97 Å². The second-order valence-corrected chi connectivity index (χ2v) is 8.06. The molecule has 0 aromatic carbocycles. The third-order valence-electron chi connectivity index (χ3n) is 3.64. The van der Waals surface area contributed by atoms with Crippen molar-refractivity contribution < 1.29 is 14.7 Å². The van der Waals surface area contributed by atoms with Crippen LogP contribution in [0.2, 0.25) is 0 Å². The van der Waals surface area contributed by atoms with Crippen LogP contribution in [0.4, 0.5) is 0 Å². The lowest BCUT2D eigenvalue weighted by Gasteiger charge is -2.54. The Morgan fingerprint density at radius 2 is 2.35 bits per heavy atom. The Balaban J connectivity index is 1.85. The molecule has 2 aliphatic heterocycles. The Kier molecular flexibility index (Phi) is 4.33. The number of carbonyl (C=O) groups is 2. The van der Waals surface area contributed by atoms with Gasteiger partial charge in [-0.25, -0.2) is 9.48 Å². The van der Waals surface area contributed by atoms with E-state index in [2.05, 4.69) is 15.5 Å². The Morgan fingerprint density at radius 3 is 2.91 bits per heavy atom. The summed E-state index contributed by atoms with van der Waals surface area (Å²) in [6.07, 6.45) is 1.76. The van der Waals surface area contributed by atoms with E-state index >= 15 is 0 Å². The first-order chi connectivity index (χ1) is 10.9. The molecule has 1 amide bonds. The lowest BCUT2D eigenvalue weighted by Crippen LogP contribution is -2.76. The zero-order valence-electron chi connectivity index (χ0n) is 12.3. The first-order valence-corrected chi connectivity index (χ1v) is 9.75. The van der Waals surface area contributed by atoms with Crippen molar-refractivity contribution in [3.05, 3.63) is 11.3 Å². The zero-order chi connectivity index (χ0) is 16.8. The maximum absolute atomic E-state index is 12.3. The van der Waals surface area contributed by atoms with E-state index in [9.17, 15) is 14.7 Å². The number of amides is 1. The average molecular weight is 374 g/mol. The summed E-state index contributed by atoms with van der Waals surface area (Å²) in [6.45, 7) is 0. The average Bonchev–Trinajstić information content (AvgIpc) is 2.95. The molecule has 0 saturated carbocycles. The third-order valence-corrected chi connectivity index (χ3v) is 7.38. The summed E-state index contributed by atoms with van der Waals surface area (Å²) in [7, 11) is 1.71. The number of β-lactam (4-membered cyclic amide) rings is 1. The van der Waals surface area contributed by atoms with E-state index in [0.29, 0.717) is 22.2 Å². The van der Waals surface area contributed by atoms with Gasteiger partial charge in [0.1, 0.15) is 11.1 Å². The van der Waals surface area contributed by atoms with Gasteiger partial charge in [0.25, 0.3) is 5.91 Å². The van der Waals surface area contributed by atoms with Gasteiger partial charge in [-0.2, -0.15) is 0 Å². The number of tetrazole rings is 1. The number of hydrogen-bond donors (Lipinski definition) is 2. The molecule has 0 radical (unpaired) electrons. The summed E-state index contributed by atoms with van der Waals surface area (Å²) in [5.74, 6) is -0.565. The minimum absolute atomic E-state index is 0.0384. The van der Waals surface area contributed by atoms with Gasteiger partial charge in [-0.05, 0) is 22.3 Å². The molecule has 3 heterocycles. The van der Waals surface area contributed by atoms with Crippen molar-refractivity contribution in [2.24, 2.45) is 12.8 Å². The number of nitrogens with zero attached hydrogens (tertiary/aromatic N) is 5. The van der Waals surface area contributed by atoms with E-state index in [1.165, 1.54) is 44.9 Å². The molecule has 3 rings (SSSR count). The molecule has 124 valence electrons. The van der Waals surface area contributed by atoms with E-state index in [0.717, 1.165) is 0 Å². The summed E-state index contributed by atoms with van der Waals surface area (Å²) in [5.41, 5.74) is 6.79. The zero-order valence-corrected chi connectivity index (χ0v) is 14.7. The molecule has 9 nitrogen and oxygen atoms in total. The van der Waals surface area contributed by atoms with Gasteiger partial charge in [-0.15, -0.1) is 28.6 Å². The van der Waals surface area contributed by atoms with Crippen LogP contribution in [0.25, 0.3) is 0 Å². The van der Waals surface area contributed by atoms with Crippen LogP contribution in [0.1, 0.15) is 0 Å². The van der Waals surface area contributed by atoms with E-state index in [-0.39, 0.29) is 17.0 Å². The van der Waals surface area contributed by atoms with Crippen molar-refractivity contribution in [2.75, 3.05) is 17.8 Å². The predicted octanol–water partition coefficient (Wildman–Crippen LogP) is -0.426. The first kappa shape index (κ1) is 16.6. The highest BCUT2D eigenvalue weighted by Crippen LogP contribution is 2.49. The van der Waals surface area contributed by atoms with Crippen LogP contribution in [-0.2, 0) is 16.6 Å². The number of nitrogens with two attached hydrogens (primary N) is 1. The van der Waals surface area contributed by atoms with Gasteiger partial charge in [0, 0.05) is 18.6 Å². The third kappa shape index (κ3) is 2.53. The second-order valence-electron chi connectivity index (χ2n) is 4.97. The molecule has 12 heteroatoms. The largest absolute Gasteiger partial charge is 0.477 e. The smallest absolute Gasteiger partial charge is 0.352 e. The first-order valence-electron chi connectivity index (χ1n) is 6.50. The van der Waals surface area contributed by atoms with E-state index < -0.39 is 10.8 Å². The van der Waals surface area contributed by atoms with Crippen molar-refractivity contribution in [3.63, 3.8) is 0 Å². The molecule has 23 heavy (non-hydrogen) atoms. The van der Waals surface area contributed by atoms with Crippen molar-refractivity contribution >= 4 is 47.2 Å². The van der Waals surface area contributed by atoms with Gasteiger partial charge in [0.2, 0.25) is 5.16 Å². The monoisotopic (exact) mass is 374 g/mol. The van der Waals surface area contributed by atoms with E-state index in [4.69, 9.17) is 5.73 Å². The Bertz CT molecular complexity index is 707. The number of carboxylic acid groups (broad SMARTS) is 1. The summed E-state index contributed by atoms with van der Waals surface area (Å²) >= 11 is 4.07. The maximum Gasteiger partial charge on any atom is 0.352 e. The number of aryl methyl sites for hydroxylation is 1. The van der Waals surface area contributed by atoms with Gasteiger partial charge in [-0.1, -0.05) is 11.8 Å². The van der Waals surface area contributed by atoms with Crippen molar-refractivity contribution in [2.45, 2.75) is 15.4 Å². The number of thioether (sulfide) groups is 3. The Labute approximate surface area is 144 Å². The lowest BCUT2D eigenvalue weighted by atomic mass is 10.0. The summed E-state index contributed by atoms with van der Waals surface area (Å²) < 4.78 is 1.51. The number of carbonyl (C=O) groups excluding carboxylic acids is 1. The lowest BCUT2D eigenvalue weighted by molar-refractivity contribution is -0.149. The molecule has 3 N–H and O–H groups in total. The number of fused-ring (bicyclic) bond motifs is 1. The van der Waals surface area contributed by atoms with Crippen LogP contribution < -0.4 is 5.73 Å². The van der Waals surface area contributed by atoms with Crippen molar-refractivity contribution in [1.29, 1.82) is 0 Å². The van der Waals surface area contributed by atoms with Crippen LogP contribution >= 0.6 is 35.3 Å². The van der Waals surface area contributed by atoms with Crippen molar-refractivity contribution in [3.8, 4) is 0 Å². The maximum atomic E-state index is 12.3. The van der Waals surface area contributed by atoms with Crippen LogP contribution in [0, 0.1) is 0 Å². The highest BCUT2D eigenvalue weighted by atomic mass is 32.2. The normalized spacial score (nSPS) is 27.0. The van der Waals surface area contributed by atoms with Crippen molar-refractivity contribution in [1.82, 2.24) is 25.1 Å². The molecule has 2 aliphatic rings. The molecule has 0 bridgehead atoms. The second kappa shape index (κ2) is 6.00. The molecule has 2 atom stereocenters. The summed E-state index contributed by atoms with van der Waals surface area (Å²) in [6, 6.07) is 0. The van der Waals surface area contributed by atoms with Gasteiger partial charge in [0.05, 0.1) is 0 Å². The molecule has 1 aromatic heterocycles. The van der Waals surface area contributed by atoms with Crippen LogP contribution in [0.15, 0.2) is 16.4 Å². The van der Waals surface area contributed by atoms with Gasteiger partial charge < -0.3 is 10.8 Å². The number of rotatable bonds is 5. The van der Waals surface area contributed by atoms with Gasteiger partial charge in [-0.3, -0.25) is 9.69 Å². The fourth-order valence-corrected chi connectivity index (χ4v) is 5.77. The highest BCUT2D eigenvalue weighted by Gasteiger charge is 2.62. The number of hydrogen-bond acceptors (Lipinski definition) is 9. The molecular weight excluding hydrogens is 360 g/mol. The predicted molar refractivity (Wildman–Crippen MR) is 87.7 cm³/mol. The van der Waals surface area contributed by atoms with Gasteiger partial charge in [0.15, 0.2) is 4.87 Å². The molecule has 2 unspecified atom stereocenters. The fourth-order valence-electron chi connectivity index (χ4n) is 2.41. The summed E-state index contributed by atoms with van der Waals surface area (Å²) in [5, 5.41) is 20.9.